The molecule has 42 valence electrons. The number of halogens is 2. The molecule has 0 radical (unpaired) electrons. The molecule has 0 amide bonds. The van der Waals surface area contributed by atoms with E-state index in [0.717, 1.165) is 0 Å². The molecular weight excluding hydrogens is 206 g/mol. The number of hydrogen-bond donors (Lipinski definition) is 0. The van der Waals surface area contributed by atoms with Crippen LogP contribution >= 0.6 is 20.7 Å². The van der Waals surface area contributed by atoms with Gasteiger partial charge >= 0.3 is 0 Å². The summed E-state index contributed by atoms with van der Waals surface area (Å²) in [4.78, 5) is 0. The Kier molecular flexibility index (Phi) is 3.42. The lowest BCUT2D eigenvalue weighted by Gasteiger charge is -1.94. The van der Waals surface area contributed by atoms with Crippen molar-refractivity contribution in [2.24, 2.45) is 0 Å². The van der Waals surface area contributed by atoms with Gasteiger partial charge in [-0.1, -0.05) is 11.1 Å². The first-order chi connectivity index (χ1) is 3.18. The Morgan fingerprint density at radius 3 is 2.29 bits per heavy atom. The molecule has 0 bridgehead atoms. The molecule has 0 saturated heterocycles. The molecule has 7 heavy (non-hydrogen) atoms. The summed E-state index contributed by atoms with van der Waals surface area (Å²) in [6, 6.07) is 0. The van der Waals surface area contributed by atoms with Gasteiger partial charge in [0.2, 0.25) is 0 Å². The fourth-order valence-electron chi connectivity index (χ4n) is 0.0837. The van der Waals surface area contributed by atoms with Gasteiger partial charge in [0.1, 0.15) is 5.83 Å². The minimum atomic E-state index is -0.220. The van der Waals surface area contributed by atoms with Crippen molar-refractivity contribution < 1.29 is 4.39 Å². The highest BCUT2D eigenvalue weighted by molar-refractivity contribution is 14.2. The molecule has 0 aromatic carbocycles. The molecule has 0 aliphatic rings. The largest absolute Gasteiger partial charge is 0.211 e. The molecular formula is C5H8FI. The van der Waals surface area contributed by atoms with Crippen LogP contribution in [0.2, 0.25) is 0 Å². The molecule has 0 rings (SSSR count). The maximum Gasteiger partial charge on any atom is 0.105 e. The van der Waals surface area contributed by atoms with Gasteiger partial charge in [-0.25, -0.2) is 4.39 Å². The molecule has 0 N–H and O–H groups in total. The van der Waals surface area contributed by atoms with Crippen LogP contribution in [-0.4, -0.2) is 8.44 Å². The number of alkyl halides is 1. The van der Waals surface area contributed by atoms with Gasteiger partial charge in [-0.15, -0.1) is 20.7 Å². The molecule has 0 heterocycles. The summed E-state index contributed by atoms with van der Waals surface area (Å²) >= 11 is -0.220. The van der Waals surface area contributed by atoms with Crippen molar-refractivity contribution in [3.05, 3.63) is 12.4 Å². The summed E-state index contributed by atoms with van der Waals surface area (Å²) in [6.07, 6.45) is 0. The summed E-state index contributed by atoms with van der Waals surface area (Å²) in [5, 5.41) is 0. The molecule has 0 saturated carbocycles. The van der Waals surface area contributed by atoms with Crippen LogP contribution in [0.15, 0.2) is 12.4 Å². The molecule has 1 unspecified atom stereocenters. The standard InChI is InChI=1S/C5H8FI/c1-4(6)5(2)7-3/h5H,1,3H2,2H3. The van der Waals surface area contributed by atoms with Crippen LogP contribution in [-0.2, 0) is 0 Å². The maximum absolute atomic E-state index is 11.9. The third-order valence-electron chi connectivity index (χ3n) is 0.663. The Bertz CT molecular complexity index is 88.1. The summed E-state index contributed by atoms with van der Waals surface area (Å²) in [6.45, 7) is 4.95. The van der Waals surface area contributed by atoms with E-state index < -0.39 is 0 Å². The zero-order valence-corrected chi connectivity index (χ0v) is 6.40. The SMILES string of the molecule is C=IC(C)C(=C)F. The van der Waals surface area contributed by atoms with E-state index in [2.05, 4.69) is 11.1 Å². The van der Waals surface area contributed by atoms with Crippen LogP contribution in [0.25, 0.3) is 0 Å². The first-order valence-electron chi connectivity index (χ1n) is 1.89. The van der Waals surface area contributed by atoms with E-state index in [4.69, 9.17) is 0 Å². The maximum atomic E-state index is 11.9. The van der Waals surface area contributed by atoms with E-state index in [-0.39, 0.29) is 30.5 Å². The Morgan fingerprint density at radius 2 is 2.29 bits per heavy atom. The molecule has 0 aliphatic carbocycles. The predicted molar refractivity (Wildman–Crippen MR) is 40.9 cm³/mol. The van der Waals surface area contributed by atoms with Crippen molar-refractivity contribution in [2.45, 2.75) is 10.8 Å². The fourth-order valence-corrected chi connectivity index (χ4v) is 0.562. The minimum absolute atomic E-state index is 0.0406. The van der Waals surface area contributed by atoms with Gasteiger partial charge in [-0.2, -0.15) is 0 Å². The molecule has 2 heteroatoms. The molecule has 0 aromatic heterocycles. The zero-order valence-electron chi connectivity index (χ0n) is 4.25. The van der Waals surface area contributed by atoms with Crippen molar-refractivity contribution in [1.82, 2.24) is 0 Å². The van der Waals surface area contributed by atoms with E-state index >= 15 is 0 Å². The minimum Gasteiger partial charge on any atom is -0.211 e. The van der Waals surface area contributed by atoms with E-state index in [9.17, 15) is 4.39 Å². The normalized spacial score (nSPS) is 13.4. The van der Waals surface area contributed by atoms with Gasteiger partial charge in [0.15, 0.2) is 0 Å². The monoisotopic (exact) mass is 214 g/mol. The van der Waals surface area contributed by atoms with Gasteiger partial charge in [0, 0.05) is 0 Å². The predicted octanol–water partition coefficient (Wildman–Crippen LogP) is 2.26. The molecule has 1 atom stereocenters. The van der Waals surface area contributed by atoms with E-state index in [1.165, 1.54) is 0 Å². The highest BCUT2D eigenvalue weighted by Crippen LogP contribution is 2.14. The van der Waals surface area contributed by atoms with Crippen LogP contribution in [0.5, 0.6) is 0 Å². The average Bonchev–Trinajstić information content (AvgIpc) is 1.65. The lowest BCUT2D eigenvalue weighted by atomic mass is 10.5. The van der Waals surface area contributed by atoms with E-state index in [1.54, 1.807) is 0 Å². The van der Waals surface area contributed by atoms with Gasteiger partial charge in [-0.3, -0.25) is 0 Å². The van der Waals surface area contributed by atoms with Gasteiger partial charge in [-0.05, 0) is 6.92 Å². The van der Waals surface area contributed by atoms with E-state index in [0.29, 0.717) is 0 Å². The second kappa shape index (κ2) is 3.29. The highest BCUT2D eigenvalue weighted by Gasteiger charge is 1.97. The summed E-state index contributed by atoms with van der Waals surface area (Å²) < 4.78 is 15.5. The van der Waals surface area contributed by atoms with Crippen molar-refractivity contribution >= 4 is 25.2 Å². The molecule has 0 fully saturated rings. The van der Waals surface area contributed by atoms with Crippen molar-refractivity contribution in [2.75, 3.05) is 0 Å². The van der Waals surface area contributed by atoms with Gasteiger partial charge < -0.3 is 0 Å². The summed E-state index contributed by atoms with van der Waals surface area (Å²) in [7, 11) is 0. The lowest BCUT2D eigenvalue weighted by molar-refractivity contribution is 0.622. The first kappa shape index (κ1) is 7.27. The van der Waals surface area contributed by atoms with Crippen molar-refractivity contribution in [3.8, 4) is 0 Å². The summed E-state index contributed by atoms with van der Waals surface area (Å²) in [5.74, 6) is -0.220. The van der Waals surface area contributed by atoms with Crippen molar-refractivity contribution in [3.63, 3.8) is 0 Å². The Labute approximate surface area is 53.2 Å². The Balaban J connectivity index is 3.55. The molecule has 0 nitrogen and oxygen atoms in total. The second-order valence-corrected chi connectivity index (χ2v) is 3.97. The van der Waals surface area contributed by atoms with Crippen LogP contribution in [0, 0.1) is 0 Å². The van der Waals surface area contributed by atoms with Crippen molar-refractivity contribution in [1.29, 1.82) is 0 Å². The Morgan fingerprint density at radius 1 is 1.86 bits per heavy atom. The average molecular weight is 214 g/mol. The smallest absolute Gasteiger partial charge is 0.105 e. The third kappa shape index (κ3) is 2.91. The number of rotatable bonds is 2. The third-order valence-corrected chi connectivity index (χ3v) is 2.66. The second-order valence-electron chi connectivity index (χ2n) is 1.22. The number of allylic oxidation sites excluding steroid dienone is 1. The van der Waals surface area contributed by atoms with Crippen LogP contribution in [0.3, 0.4) is 0 Å². The quantitative estimate of drug-likeness (QED) is 0.488. The molecule has 0 aliphatic heterocycles. The highest BCUT2D eigenvalue weighted by atomic mass is 127. The fraction of sp³-hybridized carbons (Fsp3) is 0.400. The van der Waals surface area contributed by atoms with E-state index in [1.807, 2.05) is 6.92 Å². The molecule has 0 spiro atoms. The van der Waals surface area contributed by atoms with Crippen LogP contribution in [0.1, 0.15) is 6.92 Å². The topological polar surface area (TPSA) is 0 Å². The first-order valence-corrected chi connectivity index (χ1v) is 4.67. The number of hydrogen-bond acceptors (Lipinski definition) is 0. The zero-order chi connectivity index (χ0) is 5.86. The Hall–Kier alpha value is 0.270. The molecule has 0 aromatic rings. The van der Waals surface area contributed by atoms with Crippen LogP contribution in [0.4, 0.5) is 4.39 Å². The van der Waals surface area contributed by atoms with Gasteiger partial charge in [0.05, 0.1) is 3.92 Å². The van der Waals surface area contributed by atoms with Gasteiger partial charge in [0.25, 0.3) is 0 Å². The van der Waals surface area contributed by atoms with Crippen LogP contribution < -0.4 is 0 Å². The summed E-state index contributed by atoms with van der Waals surface area (Å²) in [5.41, 5.74) is 0. The lowest BCUT2D eigenvalue weighted by Crippen LogP contribution is -1.86.